The molecule has 0 bridgehead atoms. The van der Waals surface area contributed by atoms with E-state index in [1.165, 1.54) is 0 Å². The van der Waals surface area contributed by atoms with E-state index < -0.39 is 0 Å². The molecule has 1 aromatic heterocycles. The van der Waals surface area contributed by atoms with Crippen LogP contribution in [-0.2, 0) is 0 Å². The Balaban J connectivity index is 1.93. The average molecular weight is 264 g/mol. The Hall–Kier alpha value is -1.33. The largest absolute Gasteiger partial charge is 0.396 e. The molecule has 0 atom stereocenters. The molecule has 1 aliphatic heterocycles. The van der Waals surface area contributed by atoms with E-state index in [1.54, 1.807) is 0 Å². The van der Waals surface area contributed by atoms with Crippen molar-refractivity contribution in [1.82, 2.24) is 9.88 Å². The summed E-state index contributed by atoms with van der Waals surface area (Å²) in [5.41, 5.74) is 1.12. The Kier molecular flexibility index (Phi) is 5.42. The van der Waals surface area contributed by atoms with Crippen LogP contribution in [0.15, 0.2) is 18.3 Å². The van der Waals surface area contributed by atoms with Crippen molar-refractivity contribution in [3.8, 4) is 0 Å². The van der Waals surface area contributed by atoms with Gasteiger partial charge in [0.25, 0.3) is 0 Å². The first-order valence-electron chi connectivity index (χ1n) is 7.12. The van der Waals surface area contributed by atoms with Gasteiger partial charge < -0.3 is 15.3 Å². The molecule has 5 nitrogen and oxygen atoms in total. The fourth-order valence-electron chi connectivity index (χ4n) is 2.45. The van der Waals surface area contributed by atoms with E-state index in [0.29, 0.717) is 0 Å². The van der Waals surface area contributed by atoms with Crippen LogP contribution in [0.5, 0.6) is 0 Å². The van der Waals surface area contributed by atoms with Gasteiger partial charge in [-0.2, -0.15) is 0 Å². The Labute approximate surface area is 115 Å². The summed E-state index contributed by atoms with van der Waals surface area (Å²) in [5, 5.41) is 12.2. The molecule has 2 heterocycles. The maximum atomic E-state index is 8.87. The fourth-order valence-corrected chi connectivity index (χ4v) is 2.45. The van der Waals surface area contributed by atoms with Gasteiger partial charge in [-0.05, 0) is 25.5 Å². The van der Waals surface area contributed by atoms with Crippen LogP contribution in [0.4, 0.5) is 11.5 Å². The topological polar surface area (TPSA) is 51.6 Å². The minimum atomic E-state index is 0.283. The highest BCUT2D eigenvalue weighted by Gasteiger charge is 2.19. The molecule has 0 aromatic carbocycles. The van der Waals surface area contributed by atoms with Gasteiger partial charge in [0.05, 0.1) is 5.69 Å². The van der Waals surface area contributed by atoms with Crippen LogP contribution in [0.1, 0.15) is 13.3 Å². The quantitative estimate of drug-likeness (QED) is 0.803. The minimum absolute atomic E-state index is 0.283. The van der Waals surface area contributed by atoms with E-state index >= 15 is 0 Å². The summed E-state index contributed by atoms with van der Waals surface area (Å²) in [6, 6.07) is 4.06. The number of hydrogen-bond acceptors (Lipinski definition) is 5. The molecule has 1 aromatic rings. The van der Waals surface area contributed by atoms with Gasteiger partial charge in [-0.3, -0.25) is 4.90 Å². The lowest BCUT2D eigenvalue weighted by Crippen LogP contribution is -2.47. The molecule has 1 aliphatic rings. The second-order valence-corrected chi connectivity index (χ2v) is 4.81. The minimum Gasteiger partial charge on any atom is -0.396 e. The van der Waals surface area contributed by atoms with Crippen molar-refractivity contribution >= 4 is 11.5 Å². The van der Waals surface area contributed by atoms with Gasteiger partial charge in [-0.25, -0.2) is 4.98 Å². The smallest absolute Gasteiger partial charge is 0.152 e. The lowest BCUT2D eigenvalue weighted by molar-refractivity contribution is 0.215. The van der Waals surface area contributed by atoms with Crippen LogP contribution in [0.3, 0.4) is 0 Å². The average Bonchev–Trinajstić information content (AvgIpc) is 2.47. The maximum Gasteiger partial charge on any atom is 0.152 e. The second-order valence-electron chi connectivity index (χ2n) is 4.81. The molecule has 2 N–H and O–H groups in total. The third-order valence-corrected chi connectivity index (χ3v) is 3.46. The number of aliphatic hydroxyl groups is 1. The van der Waals surface area contributed by atoms with Gasteiger partial charge in [0.2, 0.25) is 0 Å². The van der Waals surface area contributed by atoms with Crippen molar-refractivity contribution in [3.05, 3.63) is 18.3 Å². The van der Waals surface area contributed by atoms with Crippen molar-refractivity contribution in [1.29, 1.82) is 0 Å². The second kappa shape index (κ2) is 7.31. The molecule has 0 radical (unpaired) electrons. The first-order valence-corrected chi connectivity index (χ1v) is 7.12. The lowest BCUT2D eigenvalue weighted by Gasteiger charge is -2.36. The number of pyridine rings is 1. The van der Waals surface area contributed by atoms with E-state index in [9.17, 15) is 0 Å². The zero-order valence-electron chi connectivity index (χ0n) is 11.7. The molecule has 0 unspecified atom stereocenters. The van der Waals surface area contributed by atoms with E-state index in [4.69, 9.17) is 5.11 Å². The maximum absolute atomic E-state index is 8.87. The van der Waals surface area contributed by atoms with Crippen LogP contribution in [0, 0.1) is 0 Å². The van der Waals surface area contributed by atoms with E-state index in [-0.39, 0.29) is 6.61 Å². The Bertz CT molecular complexity index is 377. The van der Waals surface area contributed by atoms with E-state index in [0.717, 1.165) is 57.2 Å². The predicted octanol–water partition coefficient (Wildman–Crippen LogP) is 1.02. The summed E-state index contributed by atoms with van der Waals surface area (Å²) in [4.78, 5) is 9.26. The third-order valence-electron chi connectivity index (χ3n) is 3.46. The Morgan fingerprint density at radius 1 is 1.32 bits per heavy atom. The van der Waals surface area contributed by atoms with Crippen LogP contribution in [0.2, 0.25) is 0 Å². The first-order chi connectivity index (χ1) is 9.35. The summed E-state index contributed by atoms with van der Waals surface area (Å²) >= 11 is 0. The summed E-state index contributed by atoms with van der Waals surface area (Å²) in [6.07, 6.45) is 2.72. The van der Waals surface area contributed by atoms with Crippen molar-refractivity contribution < 1.29 is 5.11 Å². The molecule has 2 rings (SSSR count). The standard InChI is InChI=1S/C14H24N4O/c1-2-15-13-5-3-6-16-14(13)18-10-8-17(9-11-18)7-4-12-19/h3,5-6,15,19H,2,4,7-12H2,1H3. The Morgan fingerprint density at radius 2 is 2.11 bits per heavy atom. The zero-order chi connectivity index (χ0) is 13.5. The van der Waals surface area contributed by atoms with Gasteiger partial charge in [-0.15, -0.1) is 0 Å². The Morgan fingerprint density at radius 3 is 2.79 bits per heavy atom. The third kappa shape index (κ3) is 3.81. The van der Waals surface area contributed by atoms with Gasteiger partial charge in [0.1, 0.15) is 0 Å². The van der Waals surface area contributed by atoms with E-state index in [2.05, 4.69) is 33.1 Å². The molecule has 1 saturated heterocycles. The summed E-state index contributed by atoms with van der Waals surface area (Å²) < 4.78 is 0. The molecule has 0 amide bonds. The van der Waals surface area contributed by atoms with Crippen LogP contribution in [-0.4, -0.2) is 60.9 Å². The number of aromatic nitrogens is 1. The van der Waals surface area contributed by atoms with Crippen molar-refractivity contribution in [2.45, 2.75) is 13.3 Å². The molecule has 0 spiro atoms. The molecule has 19 heavy (non-hydrogen) atoms. The summed E-state index contributed by atoms with van der Waals surface area (Å²) in [5.74, 6) is 1.06. The molecular formula is C14H24N4O. The number of rotatable bonds is 6. The van der Waals surface area contributed by atoms with Gasteiger partial charge in [0.15, 0.2) is 5.82 Å². The van der Waals surface area contributed by atoms with Gasteiger partial charge in [0, 0.05) is 52.1 Å². The summed E-state index contributed by atoms with van der Waals surface area (Å²) in [6.45, 7) is 8.38. The first kappa shape index (κ1) is 14.1. The molecule has 0 saturated carbocycles. The number of nitrogens with zero attached hydrogens (tertiary/aromatic N) is 3. The predicted molar refractivity (Wildman–Crippen MR) is 78.8 cm³/mol. The monoisotopic (exact) mass is 264 g/mol. The highest BCUT2D eigenvalue weighted by Crippen LogP contribution is 2.23. The molecular weight excluding hydrogens is 240 g/mol. The summed E-state index contributed by atoms with van der Waals surface area (Å²) in [7, 11) is 0. The van der Waals surface area contributed by atoms with Crippen molar-refractivity contribution in [2.24, 2.45) is 0 Å². The number of piperazine rings is 1. The highest BCUT2D eigenvalue weighted by atomic mass is 16.3. The molecule has 5 heteroatoms. The molecule has 0 aliphatic carbocycles. The zero-order valence-corrected chi connectivity index (χ0v) is 11.7. The number of anilines is 2. The van der Waals surface area contributed by atoms with Crippen molar-refractivity contribution in [3.63, 3.8) is 0 Å². The number of aliphatic hydroxyl groups excluding tert-OH is 1. The van der Waals surface area contributed by atoms with Crippen molar-refractivity contribution in [2.75, 3.05) is 56.1 Å². The SMILES string of the molecule is CCNc1cccnc1N1CCN(CCCO)CC1. The molecule has 1 fully saturated rings. The highest BCUT2D eigenvalue weighted by molar-refractivity contribution is 5.65. The van der Waals surface area contributed by atoms with Gasteiger partial charge >= 0.3 is 0 Å². The normalized spacial score (nSPS) is 16.6. The van der Waals surface area contributed by atoms with Crippen LogP contribution < -0.4 is 10.2 Å². The van der Waals surface area contributed by atoms with Crippen LogP contribution in [0.25, 0.3) is 0 Å². The molecule has 106 valence electrons. The fraction of sp³-hybridized carbons (Fsp3) is 0.643. The van der Waals surface area contributed by atoms with Gasteiger partial charge in [-0.1, -0.05) is 0 Å². The lowest BCUT2D eigenvalue weighted by atomic mass is 10.2. The van der Waals surface area contributed by atoms with E-state index in [1.807, 2.05) is 12.3 Å². The number of hydrogen-bond donors (Lipinski definition) is 2. The number of nitrogens with one attached hydrogen (secondary N) is 1. The van der Waals surface area contributed by atoms with Crippen LogP contribution >= 0.6 is 0 Å².